The molecule has 0 radical (unpaired) electrons. The molecular formula is C26H24F3NO4. The van der Waals surface area contributed by atoms with Crippen molar-refractivity contribution in [1.82, 2.24) is 0 Å². The average Bonchev–Trinajstić information content (AvgIpc) is 3.13. The van der Waals surface area contributed by atoms with Crippen LogP contribution >= 0.6 is 0 Å². The van der Waals surface area contributed by atoms with E-state index in [0.717, 1.165) is 18.2 Å². The first kappa shape index (κ1) is 23.6. The standard InChI is InChI=1S/C26H24F3NO4/c1-25(2,22-11-17(27)3-6-23(22)31)13-26(33,16-8-18(28)10-19(29)9-16)14-30-20-4-5-21-15(7-20)12-34-24(21)32/h3-11,30-31,33H,12-14H2,1-2H3. The number of esters is 1. The van der Waals surface area contributed by atoms with Crippen molar-refractivity contribution >= 4 is 11.7 Å². The molecule has 0 spiro atoms. The number of hydrogen-bond acceptors (Lipinski definition) is 5. The number of benzene rings is 3. The van der Waals surface area contributed by atoms with Gasteiger partial charge in [0.2, 0.25) is 0 Å². The Labute approximate surface area is 194 Å². The van der Waals surface area contributed by atoms with E-state index in [2.05, 4.69) is 5.32 Å². The summed E-state index contributed by atoms with van der Waals surface area (Å²) in [5.41, 5.74) is -0.882. The van der Waals surface area contributed by atoms with Crippen LogP contribution in [-0.4, -0.2) is 22.7 Å². The van der Waals surface area contributed by atoms with Gasteiger partial charge in [0.05, 0.1) is 5.56 Å². The molecule has 0 bridgehead atoms. The third-order valence-electron chi connectivity index (χ3n) is 6.09. The van der Waals surface area contributed by atoms with Crippen molar-refractivity contribution in [1.29, 1.82) is 0 Å². The first-order chi connectivity index (χ1) is 16.0. The van der Waals surface area contributed by atoms with Crippen LogP contribution in [0, 0.1) is 17.5 Å². The lowest BCUT2D eigenvalue weighted by molar-refractivity contribution is 0.0204. The van der Waals surface area contributed by atoms with E-state index in [1.54, 1.807) is 32.0 Å². The van der Waals surface area contributed by atoms with E-state index in [-0.39, 0.29) is 36.4 Å². The Morgan fingerprint density at radius 1 is 0.971 bits per heavy atom. The molecule has 3 N–H and O–H groups in total. The first-order valence-electron chi connectivity index (χ1n) is 10.7. The summed E-state index contributed by atoms with van der Waals surface area (Å²) in [7, 11) is 0. The smallest absolute Gasteiger partial charge is 0.338 e. The Hall–Kier alpha value is -3.52. The molecule has 178 valence electrons. The van der Waals surface area contributed by atoms with E-state index in [1.165, 1.54) is 12.1 Å². The van der Waals surface area contributed by atoms with Crippen molar-refractivity contribution in [3.05, 3.63) is 94.3 Å². The molecular weight excluding hydrogens is 447 g/mol. The number of hydrogen-bond donors (Lipinski definition) is 3. The van der Waals surface area contributed by atoms with Crippen LogP contribution < -0.4 is 5.32 Å². The lowest BCUT2D eigenvalue weighted by atomic mass is 9.72. The summed E-state index contributed by atoms with van der Waals surface area (Å²) < 4.78 is 47.1. The van der Waals surface area contributed by atoms with Gasteiger partial charge in [0.15, 0.2) is 0 Å². The fourth-order valence-corrected chi connectivity index (χ4v) is 4.46. The maximum absolute atomic E-state index is 14.1. The van der Waals surface area contributed by atoms with Crippen LogP contribution in [0.3, 0.4) is 0 Å². The summed E-state index contributed by atoms with van der Waals surface area (Å²) in [6.07, 6.45) is -0.112. The maximum Gasteiger partial charge on any atom is 0.338 e. The minimum Gasteiger partial charge on any atom is -0.508 e. The fraction of sp³-hybridized carbons (Fsp3) is 0.269. The lowest BCUT2D eigenvalue weighted by Crippen LogP contribution is -2.40. The van der Waals surface area contributed by atoms with E-state index in [9.17, 15) is 28.2 Å². The molecule has 0 saturated heterocycles. The number of carbonyl (C=O) groups excluding carboxylic acids is 1. The number of nitrogens with one attached hydrogen (secondary N) is 1. The number of rotatable bonds is 7. The molecule has 0 aromatic heterocycles. The molecule has 5 nitrogen and oxygen atoms in total. The molecule has 0 aliphatic carbocycles. The molecule has 0 fully saturated rings. The Kier molecular flexibility index (Phi) is 6.03. The monoisotopic (exact) mass is 471 g/mol. The largest absolute Gasteiger partial charge is 0.508 e. The van der Waals surface area contributed by atoms with Gasteiger partial charge in [-0.1, -0.05) is 13.8 Å². The van der Waals surface area contributed by atoms with Crippen LogP contribution in [0.15, 0.2) is 54.6 Å². The summed E-state index contributed by atoms with van der Waals surface area (Å²) in [6, 6.07) is 11.3. The van der Waals surface area contributed by atoms with E-state index in [4.69, 9.17) is 4.74 Å². The predicted molar refractivity (Wildman–Crippen MR) is 120 cm³/mol. The van der Waals surface area contributed by atoms with Crippen LogP contribution in [0.4, 0.5) is 18.9 Å². The topological polar surface area (TPSA) is 78.8 Å². The Balaban J connectivity index is 1.69. The average molecular weight is 471 g/mol. The van der Waals surface area contributed by atoms with Gasteiger partial charge in [-0.3, -0.25) is 0 Å². The second-order valence-electron chi connectivity index (χ2n) is 9.21. The molecule has 3 aromatic rings. The molecule has 0 saturated carbocycles. The number of ether oxygens (including phenoxy) is 1. The Morgan fingerprint density at radius 2 is 1.68 bits per heavy atom. The number of anilines is 1. The van der Waals surface area contributed by atoms with Gasteiger partial charge in [0, 0.05) is 29.4 Å². The highest BCUT2D eigenvalue weighted by Crippen LogP contribution is 2.41. The van der Waals surface area contributed by atoms with Crippen molar-refractivity contribution in [2.24, 2.45) is 0 Å². The zero-order chi connectivity index (χ0) is 24.7. The third kappa shape index (κ3) is 4.72. The quantitative estimate of drug-likeness (QED) is 0.416. The van der Waals surface area contributed by atoms with E-state index in [1.807, 2.05) is 0 Å². The van der Waals surface area contributed by atoms with Crippen molar-refractivity contribution in [2.45, 2.75) is 37.9 Å². The minimum absolute atomic E-state index is 0.0128. The number of aliphatic hydroxyl groups is 1. The van der Waals surface area contributed by atoms with Gasteiger partial charge in [-0.15, -0.1) is 0 Å². The molecule has 1 heterocycles. The van der Waals surface area contributed by atoms with Gasteiger partial charge < -0.3 is 20.3 Å². The van der Waals surface area contributed by atoms with Crippen LogP contribution in [0.2, 0.25) is 0 Å². The van der Waals surface area contributed by atoms with Crippen LogP contribution in [0.1, 0.15) is 47.3 Å². The van der Waals surface area contributed by atoms with E-state index < -0.39 is 34.4 Å². The van der Waals surface area contributed by atoms with Gasteiger partial charge in [0.25, 0.3) is 0 Å². The lowest BCUT2D eigenvalue weighted by Gasteiger charge is -2.38. The highest BCUT2D eigenvalue weighted by atomic mass is 19.1. The molecule has 8 heteroatoms. The normalized spacial score (nSPS) is 14.9. The second kappa shape index (κ2) is 8.68. The number of halogens is 3. The number of phenols is 1. The highest BCUT2D eigenvalue weighted by molar-refractivity contribution is 5.93. The molecule has 1 aliphatic heterocycles. The number of cyclic esters (lactones) is 1. The van der Waals surface area contributed by atoms with Crippen molar-refractivity contribution in [3.8, 4) is 5.75 Å². The number of carbonyl (C=O) groups is 1. The zero-order valence-corrected chi connectivity index (χ0v) is 18.7. The van der Waals surface area contributed by atoms with Crippen LogP contribution in [0.25, 0.3) is 0 Å². The maximum atomic E-state index is 14.1. The zero-order valence-electron chi connectivity index (χ0n) is 18.7. The number of fused-ring (bicyclic) bond motifs is 1. The predicted octanol–water partition coefficient (Wildman–Crippen LogP) is 5.15. The van der Waals surface area contributed by atoms with Gasteiger partial charge in [0.1, 0.15) is 35.4 Å². The number of aromatic hydroxyl groups is 1. The highest BCUT2D eigenvalue weighted by Gasteiger charge is 2.39. The summed E-state index contributed by atoms with van der Waals surface area (Å²) in [5, 5.41) is 25.1. The second-order valence-corrected chi connectivity index (χ2v) is 9.21. The van der Waals surface area contributed by atoms with Crippen molar-refractivity contribution in [2.75, 3.05) is 11.9 Å². The fourth-order valence-electron chi connectivity index (χ4n) is 4.46. The Morgan fingerprint density at radius 3 is 2.38 bits per heavy atom. The van der Waals surface area contributed by atoms with Gasteiger partial charge in [-0.2, -0.15) is 0 Å². The molecule has 1 atom stereocenters. The molecule has 1 aliphatic rings. The van der Waals surface area contributed by atoms with E-state index in [0.29, 0.717) is 22.9 Å². The van der Waals surface area contributed by atoms with Crippen LogP contribution in [0.5, 0.6) is 5.75 Å². The van der Waals surface area contributed by atoms with Crippen molar-refractivity contribution < 1.29 is 32.9 Å². The summed E-state index contributed by atoms with van der Waals surface area (Å²) in [5.74, 6) is -2.84. The molecule has 4 rings (SSSR count). The summed E-state index contributed by atoms with van der Waals surface area (Å²) in [6.45, 7) is 3.36. The minimum atomic E-state index is -1.82. The van der Waals surface area contributed by atoms with Crippen LogP contribution in [-0.2, 0) is 22.4 Å². The molecule has 3 aromatic carbocycles. The first-order valence-corrected chi connectivity index (χ1v) is 10.7. The van der Waals surface area contributed by atoms with E-state index >= 15 is 0 Å². The SMILES string of the molecule is CC(C)(CC(O)(CNc1ccc2c(c1)COC2=O)c1cc(F)cc(F)c1)c1cc(F)ccc1O. The summed E-state index contributed by atoms with van der Waals surface area (Å²) >= 11 is 0. The summed E-state index contributed by atoms with van der Waals surface area (Å²) in [4.78, 5) is 11.7. The van der Waals surface area contributed by atoms with Gasteiger partial charge >= 0.3 is 5.97 Å². The third-order valence-corrected chi connectivity index (χ3v) is 6.09. The molecule has 0 amide bonds. The van der Waals surface area contributed by atoms with Gasteiger partial charge in [-0.25, -0.2) is 18.0 Å². The Bertz CT molecular complexity index is 1240. The number of phenolic OH excluding ortho intramolecular Hbond substituents is 1. The van der Waals surface area contributed by atoms with Crippen molar-refractivity contribution in [3.63, 3.8) is 0 Å². The molecule has 1 unspecified atom stereocenters. The molecule has 34 heavy (non-hydrogen) atoms. The van der Waals surface area contributed by atoms with Gasteiger partial charge in [-0.05, 0) is 65.9 Å².